The molecule has 6 rings (SSSR count). The van der Waals surface area contributed by atoms with Crippen molar-refractivity contribution in [3.05, 3.63) is 48.5 Å². The topological polar surface area (TPSA) is 121 Å². The summed E-state index contributed by atoms with van der Waals surface area (Å²) in [5.41, 5.74) is 6.98. The van der Waals surface area contributed by atoms with E-state index in [1.54, 1.807) is 29.2 Å². The lowest BCUT2D eigenvalue weighted by Crippen LogP contribution is -2.74. The van der Waals surface area contributed by atoms with Gasteiger partial charge in [-0.15, -0.1) is 0 Å². The Morgan fingerprint density at radius 1 is 0.925 bits per heavy atom. The fourth-order valence-electron chi connectivity index (χ4n) is 6.46. The molecule has 2 N–H and O–H groups in total. The van der Waals surface area contributed by atoms with Crippen LogP contribution in [0.5, 0.6) is 5.75 Å². The normalized spacial score (nSPS) is 25.6. The van der Waals surface area contributed by atoms with Gasteiger partial charge in [-0.05, 0) is 67.8 Å². The summed E-state index contributed by atoms with van der Waals surface area (Å²) in [6.45, 7) is 3.03. The fourth-order valence-corrected chi connectivity index (χ4v) is 6.46. The summed E-state index contributed by atoms with van der Waals surface area (Å²) in [7, 11) is 1.59. The molecular weight excluding hydrogens is 512 g/mol. The number of fused-ring (bicyclic) bond motifs is 1. The lowest BCUT2D eigenvalue weighted by atomic mass is 9.79. The van der Waals surface area contributed by atoms with E-state index in [9.17, 15) is 14.4 Å². The molecule has 2 atom stereocenters. The van der Waals surface area contributed by atoms with Crippen LogP contribution >= 0.6 is 0 Å². The van der Waals surface area contributed by atoms with Crippen molar-refractivity contribution in [3.63, 3.8) is 0 Å². The molecule has 11 heteroatoms. The van der Waals surface area contributed by atoms with E-state index >= 15 is 0 Å². The number of rotatable bonds is 6. The van der Waals surface area contributed by atoms with Crippen LogP contribution in [0.1, 0.15) is 25.7 Å². The van der Waals surface area contributed by atoms with Crippen molar-refractivity contribution in [1.29, 1.82) is 0 Å². The molecule has 0 saturated carbocycles. The molecule has 210 valence electrons. The molecular formula is C29H34N6O5. The predicted octanol–water partition coefficient (Wildman–Crippen LogP) is 1.95. The van der Waals surface area contributed by atoms with Crippen LogP contribution in [-0.4, -0.2) is 80.5 Å². The largest absolute Gasteiger partial charge is 0.497 e. The van der Waals surface area contributed by atoms with Crippen molar-refractivity contribution in [2.45, 2.75) is 31.3 Å². The SMILES string of the molecule is COc1ccc(N2N=C(C(N)=O)C3CCN(c4ccc(N5CCCCC5=O)cc4)C(=O)C32N2CCOCC2)cc1. The van der Waals surface area contributed by atoms with Crippen LogP contribution in [0.3, 0.4) is 0 Å². The molecule has 3 fully saturated rings. The van der Waals surface area contributed by atoms with Crippen LogP contribution in [0.25, 0.3) is 0 Å². The lowest BCUT2D eigenvalue weighted by molar-refractivity contribution is -0.139. The standard InChI is InChI=1S/C29H34N6O5/c1-39-23-11-9-22(10-12-23)35-29(32-16-18-40-19-17-32)24(26(31-35)27(30)37)13-15-34(28(29)38)21-7-5-20(6-8-21)33-14-3-2-4-25(33)36/h5-12,24H,2-4,13-19H2,1H3,(H2,30,37). The number of amides is 3. The average molecular weight is 547 g/mol. The second-order valence-electron chi connectivity index (χ2n) is 10.5. The maximum Gasteiger partial charge on any atom is 0.270 e. The number of benzene rings is 2. The molecule has 2 unspecified atom stereocenters. The third-order valence-electron chi connectivity index (χ3n) is 8.41. The maximum atomic E-state index is 14.8. The van der Waals surface area contributed by atoms with E-state index in [4.69, 9.17) is 20.3 Å². The first-order valence-corrected chi connectivity index (χ1v) is 13.8. The van der Waals surface area contributed by atoms with Gasteiger partial charge < -0.3 is 25.0 Å². The third-order valence-corrected chi connectivity index (χ3v) is 8.41. The Bertz CT molecular complexity index is 1320. The van der Waals surface area contributed by atoms with Crippen LogP contribution in [0.2, 0.25) is 0 Å². The maximum absolute atomic E-state index is 14.8. The first-order valence-electron chi connectivity index (χ1n) is 13.8. The molecule has 0 aliphatic carbocycles. The summed E-state index contributed by atoms with van der Waals surface area (Å²) in [5, 5.41) is 6.41. The van der Waals surface area contributed by atoms with E-state index in [0.29, 0.717) is 63.7 Å². The summed E-state index contributed by atoms with van der Waals surface area (Å²) < 4.78 is 11.0. The number of hydrogen-bond donors (Lipinski definition) is 1. The molecule has 4 aliphatic heterocycles. The molecule has 0 spiro atoms. The van der Waals surface area contributed by atoms with Gasteiger partial charge in [0.05, 0.1) is 31.9 Å². The zero-order valence-corrected chi connectivity index (χ0v) is 22.6. The molecule has 11 nitrogen and oxygen atoms in total. The third kappa shape index (κ3) is 4.20. The molecule has 2 aromatic carbocycles. The lowest BCUT2D eigenvalue weighted by Gasteiger charge is -2.53. The number of nitrogens with zero attached hydrogens (tertiary/aromatic N) is 5. The molecule has 2 aromatic rings. The van der Waals surface area contributed by atoms with Gasteiger partial charge in [0.1, 0.15) is 11.5 Å². The Balaban J connectivity index is 1.41. The number of hydrogen-bond acceptors (Lipinski definition) is 8. The molecule has 40 heavy (non-hydrogen) atoms. The number of primary amides is 1. The van der Waals surface area contributed by atoms with Crippen molar-refractivity contribution in [2.75, 3.05) is 61.3 Å². The summed E-state index contributed by atoms with van der Waals surface area (Å²) >= 11 is 0. The van der Waals surface area contributed by atoms with Gasteiger partial charge in [0.25, 0.3) is 11.8 Å². The van der Waals surface area contributed by atoms with E-state index in [-0.39, 0.29) is 17.5 Å². The minimum atomic E-state index is -1.29. The minimum Gasteiger partial charge on any atom is -0.497 e. The van der Waals surface area contributed by atoms with Gasteiger partial charge >= 0.3 is 0 Å². The van der Waals surface area contributed by atoms with Crippen molar-refractivity contribution >= 4 is 40.5 Å². The minimum absolute atomic E-state index is 0.124. The Morgan fingerprint density at radius 3 is 2.20 bits per heavy atom. The van der Waals surface area contributed by atoms with Crippen LogP contribution in [0.15, 0.2) is 53.6 Å². The fraction of sp³-hybridized carbons (Fsp3) is 0.448. The molecule has 4 aliphatic rings. The van der Waals surface area contributed by atoms with Crippen LogP contribution in [0.4, 0.5) is 17.1 Å². The highest BCUT2D eigenvalue weighted by molar-refractivity contribution is 6.41. The highest BCUT2D eigenvalue weighted by Gasteiger charge is 2.65. The van der Waals surface area contributed by atoms with E-state index in [1.165, 1.54) is 0 Å². The first-order chi connectivity index (χ1) is 19.4. The van der Waals surface area contributed by atoms with Crippen molar-refractivity contribution in [1.82, 2.24) is 4.90 Å². The zero-order valence-electron chi connectivity index (χ0n) is 22.6. The number of ether oxygens (including phenoxy) is 2. The number of carbonyl (C=O) groups is 3. The zero-order chi connectivity index (χ0) is 27.9. The summed E-state index contributed by atoms with van der Waals surface area (Å²) in [6.07, 6.45) is 2.95. The van der Waals surface area contributed by atoms with E-state index in [2.05, 4.69) is 4.90 Å². The van der Waals surface area contributed by atoms with Crippen LogP contribution < -0.4 is 25.3 Å². The Labute approximate surface area is 233 Å². The van der Waals surface area contributed by atoms with E-state index in [0.717, 1.165) is 24.2 Å². The number of morpholine rings is 1. The van der Waals surface area contributed by atoms with Crippen molar-refractivity contribution in [2.24, 2.45) is 16.8 Å². The number of carbonyl (C=O) groups excluding carboxylic acids is 3. The first kappa shape index (κ1) is 26.3. The summed E-state index contributed by atoms with van der Waals surface area (Å²) in [6, 6.07) is 14.9. The Kier molecular flexibility index (Phi) is 6.93. The van der Waals surface area contributed by atoms with Crippen LogP contribution in [0, 0.1) is 5.92 Å². The predicted molar refractivity (Wildman–Crippen MR) is 150 cm³/mol. The van der Waals surface area contributed by atoms with Gasteiger partial charge in [-0.3, -0.25) is 19.3 Å². The molecule has 4 heterocycles. The average Bonchev–Trinajstić information content (AvgIpc) is 3.36. The van der Waals surface area contributed by atoms with Gasteiger partial charge in [-0.2, -0.15) is 5.10 Å². The monoisotopic (exact) mass is 546 g/mol. The van der Waals surface area contributed by atoms with Gasteiger partial charge in [0, 0.05) is 44.0 Å². The number of piperidine rings is 2. The van der Waals surface area contributed by atoms with Crippen LogP contribution in [-0.2, 0) is 19.1 Å². The number of methoxy groups -OCH3 is 1. The number of anilines is 3. The summed E-state index contributed by atoms with van der Waals surface area (Å²) in [5.74, 6) is -0.528. The van der Waals surface area contributed by atoms with Gasteiger partial charge in [-0.25, -0.2) is 5.01 Å². The second kappa shape index (κ2) is 10.5. The van der Waals surface area contributed by atoms with E-state index in [1.807, 2.05) is 41.3 Å². The van der Waals surface area contributed by atoms with Gasteiger partial charge in [0.2, 0.25) is 11.6 Å². The Hall–Kier alpha value is -3.96. The quantitative estimate of drug-likeness (QED) is 0.588. The van der Waals surface area contributed by atoms with Gasteiger partial charge in [0.15, 0.2) is 0 Å². The van der Waals surface area contributed by atoms with E-state index < -0.39 is 17.5 Å². The molecule has 0 bridgehead atoms. The number of nitrogens with two attached hydrogens (primary N) is 1. The molecule has 3 saturated heterocycles. The molecule has 3 amide bonds. The Morgan fingerprint density at radius 2 is 1.57 bits per heavy atom. The van der Waals surface area contributed by atoms with Gasteiger partial charge in [-0.1, -0.05) is 0 Å². The molecule has 0 radical (unpaired) electrons. The second-order valence-corrected chi connectivity index (χ2v) is 10.5. The highest BCUT2D eigenvalue weighted by atomic mass is 16.5. The molecule has 0 aromatic heterocycles. The van der Waals surface area contributed by atoms with Crippen molar-refractivity contribution < 1.29 is 23.9 Å². The van der Waals surface area contributed by atoms with Crippen molar-refractivity contribution in [3.8, 4) is 5.75 Å². The summed E-state index contributed by atoms with van der Waals surface area (Å²) in [4.78, 5) is 45.6. The highest BCUT2D eigenvalue weighted by Crippen LogP contribution is 2.47. The smallest absolute Gasteiger partial charge is 0.270 e. The number of hydrazone groups is 1.